The molecule has 0 aliphatic carbocycles. The molecule has 1 amide bonds. The number of amides is 1. The Bertz CT molecular complexity index is 1490. The Hall–Kier alpha value is -4.09. The molecule has 0 spiro atoms. The van der Waals surface area contributed by atoms with Crippen LogP contribution in [-0.4, -0.2) is 64.6 Å². The summed E-state index contributed by atoms with van der Waals surface area (Å²) in [6, 6.07) is 8.33. The van der Waals surface area contributed by atoms with Crippen molar-refractivity contribution in [3.05, 3.63) is 71.7 Å². The molecule has 0 saturated carbocycles. The number of nitrogens with zero attached hydrogens (tertiary/aromatic N) is 4. The molecule has 1 aliphatic heterocycles. The van der Waals surface area contributed by atoms with E-state index >= 15 is 0 Å². The maximum absolute atomic E-state index is 14.8. The van der Waals surface area contributed by atoms with E-state index in [1.54, 1.807) is 27.8 Å². The van der Waals surface area contributed by atoms with Crippen molar-refractivity contribution in [2.45, 2.75) is 19.4 Å². The minimum absolute atomic E-state index is 0.0300. The van der Waals surface area contributed by atoms with Gasteiger partial charge in [-0.05, 0) is 42.3 Å². The van der Waals surface area contributed by atoms with Crippen LogP contribution in [0, 0.1) is 11.6 Å². The summed E-state index contributed by atoms with van der Waals surface area (Å²) in [4.78, 5) is 23.6. The van der Waals surface area contributed by atoms with Crippen LogP contribution in [0.3, 0.4) is 0 Å². The fourth-order valence-electron chi connectivity index (χ4n) is 4.52. The molecule has 3 heterocycles. The third kappa shape index (κ3) is 4.66. The van der Waals surface area contributed by atoms with Crippen molar-refractivity contribution in [2.24, 2.45) is 5.73 Å². The number of ether oxygens (including phenoxy) is 2. The zero-order valence-corrected chi connectivity index (χ0v) is 21.1. The number of carbonyl (C=O) groups is 1. The van der Waals surface area contributed by atoms with Gasteiger partial charge >= 0.3 is 0 Å². The lowest BCUT2D eigenvalue weighted by atomic mass is 10.0. The monoisotopic (exact) mass is 522 g/mol. The molecular weight excluding hydrogens is 494 g/mol. The number of aromatic nitrogens is 3. The number of halogens is 2. The van der Waals surface area contributed by atoms with Gasteiger partial charge in [-0.2, -0.15) is 4.39 Å². The van der Waals surface area contributed by atoms with Crippen LogP contribution in [0.15, 0.2) is 48.9 Å². The Morgan fingerprint density at radius 1 is 1.18 bits per heavy atom. The van der Waals surface area contributed by atoms with Crippen LogP contribution >= 0.6 is 0 Å². The third-order valence-electron chi connectivity index (χ3n) is 6.56. The smallest absolute Gasteiger partial charge is 0.254 e. The van der Waals surface area contributed by atoms with E-state index in [1.807, 2.05) is 19.1 Å². The fourth-order valence-corrected chi connectivity index (χ4v) is 4.52. The number of methoxy groups -OCH3 is 1. The van der Waals surface area contributed by atoms with Crippen LogP contribution in [0.1, 0.15) is 22.8 Å². The van der Waals surface area contributed by atoms with Gasteiger partial charge in [0.1, 0.15) is 0 Å². The van der Waals surface area contributed by atoms with Crippen LogP contribution in [0.5, 0.6) is 5.75 Å². The first-order valence-electron chi connectivity index (χ1n) is 12.3. The normalized spacial score (nSPS) is 13.6. The topological polar surface area (TPSA) is 107 Å². The molecular formula is C27H28F2N6O3. The number of carbonyl (C=O) groups excluding carboxylic acids is 1. The van der Waals surface area contributed by atoms with Crippen molar-refractivity contribution in [1.29, 1.82) is 0 Å². The van der Waals surface area contributed by atoms with Crippen LogP contribution in [0.25, 0.3) is 16.9 Å². The van der Waals surface area contributed by atoms with Gasteiger partial charge in [0.2, 0.25) is 5.82 Å². The first-order valence-corrected chi connectivity index (χ1v) is 12.3. The number of benzene rings is 2. The summed E-state index contributed by atoms with van der Waals surface area (Å²) in [5, 5.41) is 3.25. The fraction of sp³-hybridized carbons (Fsp3) is 0.296. The molecule has 9 nitrogen and oxygen atoms in total. The minimum atomic E-state index is -1.06. The number of fused-ring (bicyclic) bond motifs is 1. The Balaban J connectivity index is 1.38. The molecule has 3 N–H and O–H groups in total. The van der Waals surface area contributed by atoms with E-state index in [4.69, 9.17) is 15.2 Å². The lowest BCUT2D eigenvalue weighted by molar-refractivity contribution is -0.0396. The lowest BCUT2D eigenvalue weighted by Gasteiger charge is -2.39. The highest BCUT2D eigenvalue weighted by Gasteiger charge is 2.32. The van der Waals surface area contributed by atoms with E-state index in [-0.39, 0.29) is 23.3 Å². The SMILES string of the molecule is CCc1cc(Nc2nccn3c(-c4ccc(OC)c(F)c4F)cnc23)ccc1C(=O)N1CC(OCCN)C1. The molecule has 0 radical (unpaired) electrons. The molecule has 11 heteroatoms. The average molecular weight is 523 g/mol. The number of hydrogen-bond acceptors (Lipinski definition) is 7. The highest BCUT2D eigenvalue weighted by molar-refractivity contribution is 5.97. The summed E-state index contributed by atoms with van der Waals surface area (Å²) in [6.07, 6.45) is 5.32. The Morgan fingerprint density at radius 2 is 2.00 bits per heavy atom. The average Bonchev–Trinajstić information content (AvgIpc) is 3.34. The molecule has 1 fully saturated rings. The highest BCUT2D eigenvalue weighted by atomic mass is 19.2. The molecule has 0 bridgehead atoms. The number of likely N-dealkylation sites (tertiary alicyclic amines) is 1. The van der Waals surface area contributed by atoms with Gasteiger partial charge in [0, 0.05) is 48.8 Å². The number of nitrogens with one attached hydrogen (secondary N) is 1. The van der Waals surface area contributed by atoms with Gasteiger partial charge in [-0.25, -0.2) is 14.4 Å². The Kier molecular flexibility index (Phi) is 7.21. The molecule has 5 rings (SSSR count). The van der Waals surface area contributed by atoms with Crippen LogP contribution in [0.2, 0.25) is 0 Å². The van der Waals surface area contributed by atoms with E-state index in [0.29, 0.717) is 55.4 Å². The molecule has 1 aliphatic rings. The molecule has 1 saturated heterocycles. The van der Waals surface area contributed by atoms with Crippen LogP contribution < -0.4 is 15.8 Å². The molecule has 2 aromatic carbocycles. The number of rotatable bonds is 9. The molecule has 0 atom stereocenters. The molecule has 0 unspecified atom stereocenters. The summed E-state index contributed by atoms with van der Waals surface area (Å²) in [6.45, 7) is 4.03. The zero-order chi connectivity index (χ0) is 26.8. The maximum Gasteiger partial charge on any atom is 0.254 e. The van der Waals surface area contributed by atoms with Crippen LogP contribution in [0.4, 0.5) is 20.3 Å². The van der Waals surface area contributed by atoms with E-state index < -0.39 is 11.6 Å². The summed E-state index contributed by atoms with van der Waals surface area (Å²) in [5.41, 5.74) is 8.56. The van der Waals surface area contributed by atoms with Gasteiger partial charge in [-0.3, -0.25) is 9.20 Å². The molecule has 2 aromatic heterocycles. The van der Waals surface area contributed by atoms with Crippen LogP contribution in [-0.2, 0) is 11.2 Å². The van der Waals surface area contributed by atoms with Crippen molar-refractivity contribution >= 4 is 23.1 Å². The number of aryl methyl sites for hydroxylation is 1. The lowest BCUT2D eigenvalue weighted by Crippen LogP contribution is -2.55. The summed E-state index contributed by atoms with van der Waals surface area (Å²) in [7, 11) is 1.28. The largest absolute Gasteiger partial charge is 0.494 e. The summed E-state index contributed by atoms with van der Waals surface area (Å²) < 4.78 is 41.2. The van der Waals surface area contributed by atoms with E-state index in [9.17, 15) is 13.6 Å². The van der Waals surface area contributed by atoms with E-state index in [1.165, 1.54) is 25.4 Å². The minimum Gasteiger partial charge on any atom is -0.494 e. The maximum atomic E-state index is 14.8. The number of anilines is 2. The predicted octanol–water partition coefficient (Wildman–Crippen LogP) is 3.79. The van der Waals surface area contributed by atoms with Gasteiger partial charge in [-0.1, -0.05) is 6.92 Å². The third-order valence-corrected chi connectivity index (χ3v) is 6.56. The van der Waals surface area contributed by atoms with Gasteiger partial charge in [0.15, 0.2) is 23.0 Å². The Morgan fingerprint density at radius 3 is 2.74 bits per heavy atom. The van der Waals surface area contributed by atoms with Gasteiger partial charge in [0.05, 0.1) is 31.7 Å². The van der Waals surface area contributed by atoms with Crippen molar-refractivity contribution in [2.75, 3.05) is 38.7 Å². The van der Waals surface area contributed by atoms with Crippen molar-refractivity contribution in [3.8, 4) is 17.0 Å². The van der Waals surface area contributed by atoms with E-state index in [0.717, 1.165) is 11.3 Å². The molecule has 38 heavy (non-hydrogen) atoms. The second-order valence-electron chi connectivity index (χ2n) is 8.90. The summed E-state index contributed by atoms with van der Waals surface area (Å²) in [5.74, 6) is -1.87. The van der Waals surface area contributed by atoms with Crippen molar-refractivity contribution in [3.63, 3.8) is 0 Å². The second kappa shape index (κ2) is 10.7. The van der Waals surface area contributed by atoms with Gasteiger partial charge in [0.25, 0.3) is 5.91 Å². The quantitative estimate of drug-likeness (QED) is 0.345. The predicted molar refractivity (Wildman–Crippen MR) is 139 cm³/mol. The standard InChI is InChI=1S/C27H28F2N6O3/c1-3-16-12-17(4-5-19(16)27(36)34-14-18(15-34)38-11-8-30)33-25-26-32-13-21(35(26)10-9-31-25)20-6-7-22(37-2)24(29)23(20)28/h4-7,9-10,12-13,18H,3,8,11,14-15,30H2,1-2H3,(H,31,33). The zero-order valence-electron chi connectivity index (χ0n) is 21.1. The van der Waals surface area contributed by atoms with Crippen molar-refractivity contribution < 1.29 is 23.0 Å². The second-order valence-corrected chi connectivity index (χ2v) is 8.90. The first kappa shape index (κ1) is 25.6. The molecule has 4 aromatic rings. The number of hydrogen-bond donors (Lipinski definition) is 2. The van der Waals surface area contributed by atoms with Gasteiger partial charge < -0.3 is 25.4 Å². The number of nitrogens with two attached hydrogens (primary N) is 1. The first-order chi connectivity index (χ1) is 18.4. The van der Waals surface area contributed by atoms with Gasteiger partial charge in [-0.15, -0.1) is 0 Å². The summed E-state index contributed by atoms with van der Waals surface area (Å²) >= 11 is 0. The number of imidazole rings is 1. The van der Waals surface area contributed by atoms with E-state index in [2.05, 4.69) is 15.3 Å². The highest BCUT2D eigenvalue weighted by Crippen LogP contribution is 2.32. The Labute approximate surface area is 218 Å². The van der Waals surface area contributed by atoms with Crippen molar-refractivity contribution in [1.82, 2.24) is 19.3 Å². The molecule has 198 valence electrons.